The summed E-state index contributed by atoms with van der Waals surface area (Å²) in [5.41, 5.74) is 0. The summed E-state index contributed by atoms with van der Waals surface area (Å²) in [6.45, 7) is 3.89. The molecule has 1 aromatic heterocycles. The number of aromatic nitrogens is 2. The average molecular weight is 297 g/mol. The molecule has 1 aliphatic rings. The number of rotatable bonds is 2. The first-order chi connectivity index (χ1) is 8.22. The zero-order valence-corrected chi connectivity index (χ0v) is 11.1. The lowest BCUT2D eigenvalue weighted by molar-refractivity contribution is 0.0761. The molecule has 0 aromatic carbocycles. The van der Waals surface area contributed by atoms with Crippen molar-refractivity contribution in [1.29, 1.82) is 5.26 Å². The highest BCUT2D eigenvalue weighted by Gasteiger charge is 2.21. The van der Waals surface area contributed by atoms with Gasteiger partial charge < -0.3 is 9.64 Å². The van der Waals surface area contributed by atoms with Crippen LogP contribution in [0.15, 0.2) is 10.7 Å². The molecule has 5 nitrogen and oxygen atoms in total. The Morgan fingerprint density at radius 1 is 1.65 bits per heavy atom. The van der Waals surface area contributed by atoms with Gasteiger partial charge in [-0.15, -0.1) is 0 Å². The van der Waals surface area contributed by atoms with Gasteiger partial charge in [-0.3, -0.25) is 0 Å². The fourth-order valence-electron chi connectivity index (χ4n) is 1.71. The Morgan fingerprint density at radius 3 is 3.18 bits per heavy atom. The Bertz CT molecular complexity index is 446. The van der Waals surface area contributed by atoms with Crippen LogP contribution in [0, 0.1) is 11.3 Å². The van der Waals surface area contributed by atoms with Crippen molar-refractivity contribution in [2.45, 2.75) is 19.4 Å². The van der Waals surface area contributed by atoms with Crippen LogP contribution in [-0.4, -0.2) is 35.8 Å². The maximum Gasteiger partial charge on any atom is 0.161 e. The van der Waals surface area contributed by atoms with E-state index in [2.05, 4.69) is 36.9 Å². The average Bonchev–Trinajstić information content (AvgIpc) is 2.38. The molecule has 1 saturated heterocycles. The highest BCUT2D eigenvalue weighted by molar-refractivity contribution is 9.10. The third kappa shape index (κ3) is 2.93. The largest absolute Gasteiger partial charge is 0.360 e. The maximum atomic E-state index is 8.87. The third-order valence-corrected chi connectivity index (χ3v) is 2.98. The first-order valence-corrected chi connectivity index (χ1v) is 6.32. The number of ether oxygens (including phenoxy) is 1. The van der Waals surface area contributed by atoms with Crippen molar-refractivity contribution in [3.8, 4) is 6.07 Å². The van der Waals surface area contributed by atoms with Crippen molar-refractivity contribution in [2.24, 2.45) is 0 Å². The third-order valence-electron chi connectivity index (χ3n) is 2.58. The molecule has 1 unspecified atom stereocenters. The number of hydrogen-bond acceptors (Lipinski definition) is 5. The van der Waals surface area contributed by atoms with Gasteiger partial charge >= 0.3 is 0 Å². The minimum Gasteiger partial charge on any atom is -0.360 e. The van der Waals surface area contributed by atoms with E-state index < -0.39 is 0 Å². The number of halogens is 1. The van der Waals surface area contributed by atoms with Gasteiger partial charge in [0.1, 0.15) is 16.2 Å². The van der Waals surface area contributed by atoms with Crippen molar-refractivity contribution in [3.05, 3.63) is 16.5 Å². The molecule has 0 spiro atoms. The first kappa shape index (κ1) is 12.3. The van der Waals surface area contributed by atoms with E-state index in [9.17, 15) is 0 Å². The van der Waals surface area contributed by atoms with Gasteiger partial charge in [0.15, 0.2) is 6.10 Å². The lowest BCUT2D eigenvalue weighted by Crippen LogP contribution is -2.42. The van der Waals surface area contributed by atoms with Gasteiger partial charge in [-0.25, -0.2) is 9.97 Å². The van der Waals surface area contributed by atoms with Gasteiger partial charge in [-0.05, 0) is 15.9 Å². The second-order valence-corrected chi connectivity index (χ2v) is 4.57. The molecule has 90 valence electrons. The fraction of sp³-hybridized carbons (Fsp3) is 0.545. The summed E-state index contributed by atoms with van der Waals surface area (Å²) in [4.78, 5) is 10.8. The SMILES string of the molecule is CCc1nc(Br)cc(N2CCOC(C#N)C2)n1. The van der Waals surface area contributed by atoms with Crippen molar-refractivity contribution in [1.82, 2.24) is 9.97 Å². The second kappa shape index (κ2) is 5.43. The molecule has 0 N–H and O–H groups in total. The zero-order chi connectivity index (χ0) is 12.3. The molecular formula is C11H13BrN4O. The standard InChI is InChI=1S/C11H13BrN4O/c1-2-10-14-9(12)5-11(15-10)16-3-4-17-8(6-13)7-16/h5,8H,2-4,7H2,1H3. The summed E-state index contributed by atoms with van der Waals surface area (Å²) in [5, 5.41) is 8.87. The van der Waals surface area contributed by atoms with Gasteiger partial charge in [0.2, 0.25) is 0 Å². The van der Waals surface area contributed by atoms with Gasteiger partial charge in [-0.2, -0.15) is 5.26 Å². The zero-order valence-electron chi connectivity index (χ0n) is 9.56. The summed E-state index contributed by atoms with van der Waals surface area (Å²) in [5.74, 6) is 1.65. The van der Waals surface area contributed by atoms with Crippen LogP contribution in [0.5, 0.6) is 0 Å². The second-order valence-electron chi connectivity index (χ2n) is 3.75. The van der Waals surface area contributed by atoms with E-state index in [0.717, 1.165) is 29.2 Å². The van der Waals surface area contributed by atoms with E-state index >= 15 is 0 Å². The molecule has 1 aliphatic heterocycles. The molecule has 0 saturated carbocycles. The van der Waals surface area contributed by atoms with Crippen molar-refractivity contribution in [3.63, 3.8) is 0 Å². The predicted molar refractivity (Wildman–Crippen MR) is 66.7 cm³/mol. The predicted octanol–water partition coefficient (Wildman–Crippen LogP) is 1.53. The number of nitriles is 1. The fourth-order valence-corrected chi connectivity index (χ4v) is 2.12. The Morgan fingerprint density at radius 2 is 2.47 bits per heavy atom. The molecule has 2 rings (SSSR count). The van der Waals surface area contributed by atoms with Gasteiger partial charge in [-0.1, -0.05) is 6.92 Å². The van der Waals surface area contributed by atoms with Crippen molar-refractivity contribution >= 4 is 21.7 Å². The van der Waals surface area contributed by atoms with Crippen molar-refractivity contribution < 1.29 is 4.74 Å². The van der Waals surface area contributed by atoms with Crippen LogP contribution >= 0.6 is 15.9 Å². The van der Waals surface area contributed by atoms with E-state index in [0.29, 0.717) is 13.2 Å². The molecule has 1 fully saturated rings. The highest BCUT2D eigenvalue weighted by atomic mass is 79.9. The lowest BCUT2D eigenvalue weighted by atomic mass is 10.3. The normalized spacial score (nSPS) is 20.1. The molecular weight excluding hydrogens is 284 g/mol. The number of hydrogen-bond donors (Lipinski definition) is 0. The molecule has 6 heteroatoms. The van der Waals surface area contributed by atoms with Crippen LogP contribution in [0.4, 0.5) is 5.82 Å². The summed E-state index contributed by atoms with van der Waals surface area (Å²) in [6, 6.07) is 4.00. The van der Waals surface area contributed by atoms with Crippen LogP contribution in [0.2, 0.25) is 0 Å². The molecule has 0 bridgehead atoms. The van der Waals surface area contributed by atoms with E-state index in [-0.39, 0.29) is 6.10 Å². The van der Waals surface area contributed by atoms with Gasteiger partial charge in [0.05, 0.1) is 19.2 Å². The monoisotopic (exact) mass is 296 g/mol. The number of nitrogens with zero attached hydrogens (tertiary/aromatic N) is 4. The van der Waals surface area contributed by atoms with Gasteiger partial charge in [0.25, 0.3) is 0 Å². The number of aryl methyl sites for hydroxylation is 1. The Hall–Kier alpha value is -1.19. The summed E-state index contributed by atoms with van der Waals surface area (Å²) >= 11 is 3.38. The Labute approximate surface area is 109 Å². The molecule has 0 aliphatic carbocycles. The van der Waals surface area contributed by atoms with E-state index in [4.69, 9.17) is 10.00 Å². The number of anilines is 1. The van der Waals surface area contributed by atoms with Crippen LogP contribution in [0.1, 0.15) is 12.7 Å². The van der Waals surface area contributed by atoms with Crippen molar-refractivity contribution in [2.75, 3.05) is 24.6 Å². The van der Waals surface area contributed by atoms with Crippen LogP contribution in [-0.2, 0) is 11.2 Å². The minimum absolute atomic E-state index is 0.373. The lowest BCUT2D eigenvalue weighted by Gasteiger charge is -2.30. The summed E-state index contributed by atoms with van der Waals surface area (Å²) in [7, 11) is 0. The Balaban J connectivity index is 2.21. The van der Waals surface area contributed by atoms with Crippen LogP contribution in [0.3, 0.4) is 0 Å². The quantitative estimate of drug-likeness (QED) is 0.775. The topological polar surface area (TPSA) is 62.0 Å². The molecule has 1 atom stereocenters. The first-order valence-electron chi connectivity index (χ1n) is 5.52. The molecule has 17 heavy (non-hydrogen) atoms. The molecule has 0 radical (unpaired) electrons. The molecule has 0 amide bonds. The summed E-state index contributed by atoms with van der Waals surface area (Å²) < 4.78 is 6.08. The maximum absolute atomic E-state index is 8.87. The van der Waals surface area contributed by atoms with E-state index in [1.807, 2.05) is 13.0 Å². The van der Waals surface area contributed by atoms with E-state index in [1.165, 1.54) is 0 Å². The van der Waals surface area contributed by atoms with Crippen LogP contribution < -0.4 is 4.90 Å². The smallest absolute Gasteiger partial charge is 0.161 e. The van der Waals surface area contributed by atoms with Gasteiger partial charge in [0, 0.05) is 19.0 Å². The summed E-state index contributed by atoms with van der Waals surface area (Å²) in [6.07, 6.45) is 0.418. The Kier molecular flexibility index (Phi) is 3.92. The highest BCUT2D eigenvalue weighted by Crippen LogP contribution is 2.19. The molecule has 2 heterocycles. The minimum atomic E-state index is -0.373. The van der Waals surface area contributed by atoms with E-state index in [1.54, 1.807) is 0 Å². The number of morpholine rings is 1. The molecule has 1 aromatic rings. The van der Waals surface area contributed by atoms with Crippen LogP contribution in [0.25, 0.3) is 0 Å².